The van der Waals surface area contributed by atoms with Crippen LogP contribution in [0.4, 0.5) is 13.2 Å². The fraction of sp³-hybridized carbons (Fsp3) is 0.364. The van der Waals surface area contributed by atoms with Crippen LogP contribution in [0.25, 0.3) is 11.4 Å². The molecule has 1 fully saturated rings. The Balaban J connectivity index is 1.51. The molecule has 2 heterocycles. The van der Waals surface area contributed by atoms with Crippen molar-refractivity contribution in [3.8, 4) is 22.9 Å². The van der Waals surface area contributed by atoms with Crippen LogP contribution in [-0.2, 0) is 17.0 Å². The Bertz CT molecular complexity index is 1020. The number of halogens is 3. The van der Waals surface area contributed by atoms with Gasteiger partial charge in [0.1, 0.15) is 11.5 Å². The van der Waals surface area contributed by atoms with E-state index in [0.717, 1.165) is 47.3 Å². The molecule has 1 aliphatic rings. The predicted octanol–water partition coefficient (Wildman–Crippen LogP) is 5.32. The standard InChI is InChI=1S/C22H22F3N3O3S/c1-29-17-10-6-16(7-11-17)20-26-27-21(28(20)13-19-3-2-12-30-19)32-14-15-4-8-18(9-5-15)31-22(23,24)25/h4-11,19H,2-3,12-14H2,1H3. The van der Waals surface area contributed by atoms with Gasteiger partial charge in [0, 0.05) is 17.9 Å². The third-order valence-corrected chi connectivity index (χ3v) is 6.04. The van der Waals surface area contributed by atoms with E-state index in [1.807, 2.05) is 28.8 Å². The van der Waals surface area contributed by atoms with Crippen LogP contribution in [0.1, 0.15) is 18.4 Å². The molecule has 0 bridgehead atoms. The van der Waals surface area contributed by atoms with E-state index in [2.05, 4.69) is 14.9 Å². The maximum atomic E-state index is 12.3. The van der Waals surface area contributed by atoms with Crippen LogP contribution < -0.4 is 9.47 Å². The molecule has 1 aromatic heterocycles. The second-order valence-corrected chi connectivity index (χ2v) is 8.20. The fourth-order valence-electron chi connectivity index (χ4n) is 3.44. The number of hydrogen-bond donors (Lipinski definition) is 0. The van der Waals surface area contributed by atoms with Gasteiger partial charge in [-0.15, -0.1) is 23.4 Å². The zero-order valence-electron chi connectivity index (χ0n) is 17.3. The van der Waals surface area contributed by atoms with Crippen molar-refractivity contribution in [2.75, 3.05) is 13.7 Å². The third kappa shape index (κ3) is 5.74. The molecule has 1 aliphatic heterocycles. The predicted molar refractivity (Wildman–Crippen MR) is 114 cm³/mol. The summed E-state index contributed by atoms with van der Waals surface area (Å²) in [5.41, 5.74) is 1.76. The summed E-state index contributed by atoms with van der Waals surface area (Å²) in [5, 5.41) is 9.50. The summed E-state index contributed by atoms with van der Waals surface area (Å²) < 4.78 is 54.1. The molecule has 10 heteroatoms. The third-order valence-electron chi connectivity index (χ3n) is 5.00. The molecule has 32 heavy (non-hydrogen) atoms. The molecule has 4 rings (SSSR count). The van der Waals surface area contributed by atoms with Crippen molar-refractivity contribution in [3.63, 3.8) is 0 Å². The average molecular weight is 465 g/mol. The Morgan fingerprint density at radius 3 is 2.41 bits per heavy atom. The Morgan fingerprint density at radius 1 is 1.06 bits per heavy atom. The summed E-state index contributed by atoms with van der Waals surface area (Å²) in [7, 11) is 1.62. The van der Waals surface area contributed by atoms with E-state index in [-0.39, 0.29) is 11.9 Å². The number of aromatic nitrogens is 3. The molecule has 0 N–H and O–H groups in total. The van der Waals surface area contributed by atoms with Crippen molar-refractivity contribution in [3.05, 3.63) is 54.1 Å². The molecule has 0 saturated carbocycles. The zero-order valence-corrected chi connectivity index (χ0v) is 18.2. The van der Waals surface area contributed by atoms with Gasteiger partial charge in [-0.2, -0.15) is 0 Å². The van der Waals surface area contributed by atoms with E-state index in [1.165, 1.54) is 23.9 Å². The highest BCUT2D eigenvalue weighted by molar-refractivity contribution is 7.98. The molecule has 0 radical (unpaired) electrons. The van der Waals surface area contributed by atoms with Crippen LogP contribution in [0, 0.1) is 0 Å². The van der Waals surface area contributed by atoms with Crippen LogP contribution >= 0.6 is 11.8 Å². The molecule has 2 aromatic carbocycles. The summed E-state index contributed by atoms with van der Waals surface area (Å²) >= 11 is 1.47. The van der Waals surface area contributed by atoms with Crippen LogP contribution in [0.2, 0.25) is 0 Å². The SMILES string of the molecule is COc1ccc(-c2nnc(SCc3ccc(OC(F)(F)F)cc3)n2CC2CCCO2)cc1. The molecule has 6 nitrogen and oxygen atoms in total. The van der Waals surface area contributed by atoms with Gasteiger partial charge in [-0.1, -0.05) is 23.9 Å². The van der Waals surface area contributed by atoms with Crippen LogP contribution in [0.3, 0.4) is 0 Å². The minimum absolute atomic E-state index is 0.0983. The van der Waals surface area contributed by atoms with Crippen molar-refractivity contribution in [2.45, 2.75) is 42.8 Å². The summed E-state index contributed by atoms with van der Waals surface area (Å²) in [6.45, 7) is 1.38. The normalized spacial score (nSPS) is 16.3. The molecule has 3 aromatic rings. The number of ether oxygens (including phenoxy) is 3. The number of thioether (sulfide) groups is 1. The quantitative estimate of drug-likeness (QED) is 0.420. The van der Waals surface area contributed by atoms with E-state index in [1.54, 1.807) is 19.2 Å². The number of rotatable bonds is 8. The van der Waals surface area contributed by atoms with E-state index in [0.29, 0.717) is 12.3 Å². The van der Waals surface area contributed by atoms with Gasteiger partial charge in [0.15, 0.2) is 11.0 Å². The Hall–Kier alpha value is -2.72. The molecule has 1 unspecified atom stereocenters. The van der Waals surface area contributed by atoms with Crippen molar-refractivity contribution in [1.82, 2.24) is 14.8 Å². The number of nitrogens with zero attached hydrogens (tertiary/aromatic N) is 3. The van der Waals surface area contributed by atoms with Crippen molar-refractivity contribution in [1.29, 1.82) is 0 Å². The summed E-state index contributed by atoms with van der Waals surface area (Å²) in [5.74, 6) is 1.78. The van der Waals surface area contributed by atoms with Gasteiger partial charge in [-0.3, -0.25) is 4.57 Å². The molecule has 1 saturated heterocycles. The summed E-state index contributed by atoms with van der Waals surface area (Å²) in [6.07, 6.45) is -2.60. The van der Waals surface area contributed by atoms with E-state index < -0.39 is 6.36 Å². The minimum Gasteiger partial charge on any atom is -0.497 e. The molecule has 0 aliphatic carbocycles. The minimum atomic E-state index is -4.70. The first-order valence-electron chi connectivity index (χ1n) is 10.1. The van der Waals surface area contributed by atoms with Crippen LogP contribution in [0.15, 0.2) is 53.7 Å². The van der Waals surface area contributed by atoms with Crippen molar-refractivity contribution < 1.29 is 27.4 Å². The Labute approximate surface area is 187 Å². The fourth-order valence-corrected chi connectivity index (χ4v) is 4.34. The highest BCUT2D eigenvalue weighted by atomic mass is 32.2. The van der Waals surface area contributed by atoms with Gasteiger partial charge in [-0.05, 0) is 54.8 Å². The second-order valence-electron chi connectivity index (χ2n) is 7.26. The molecule has 170 valence electrons. The lowest BCUT2D eigenvalue weighted by atomic mass is 10.2. The summed E-state index contributed by atoms with van der Waals surface area (Å²) in [4.78, 5) is 0. The van der Waals surface area contributed by atoms with Gasteiger partial charge in [0.05, 0.1) is 19.8 Å². The first-order valence-corrected chi connectivity index (χ1v) is 11.1. The largest absolute Gasteiger partial charge is 0.573 e. The highest BCUT2D eigenvalue weighted by Gasteiger charge is 2.31. The first-order chi connectivity index (χ1) is 15.4. The number of hydrogen-bond acceptors (Lipinski definition) is 6. The number of methoxy groups -OCH3 is 1. The second kappa shape index (κ2) is 9.83. The van der Waals surface area contributed by atoms with Crippen LogP contribution in [0.5, 0.6) is 11.5 Å². The molecule has 0 spiro atoms. The lowest BCUT2D eigenvalue weighted by Gasteiger charge is -2.15. The smallest absolute Gasteiger partial charge is 0.497 e. The maximum absolute atomic E-state index is 12.3. The van der Waals surface area contributed by atoms with Crippen molar-refractivity contribution >= 4 is 11.8 Å². The highest BCUT2D eigenvalue weighted by Crippen LogP contribution is 2.30. The van der Waals surface area contributed by atoms with E-state index >= 15 is 0 Å². The monoisotopic (exact) mass is 465 g/mol. The van der Waals surface area contributed by atoms with Crippen LogP contribution in [-0.4, -0.2) is 40.9 Å². The van der Waals surface area contributed by atoms with Crippen molar-refractivity contribution in [2.24, 2.45) is 0 Å². The average Bonchev–Trinajstić information content (AvgIpc) is 3.43. The molecule has 0 amide bonds. The first kappa shape index (κ1) is 22.5. The van der Waals surface area contributed by atoms with Gasteiger partial charge < -0.3 is 14.2 Å². The lowest BCUT2D eigenvalue weighted by molar-refractivity contribution is -0.274. The zero-order chi connectivity index (χ0) is 22.6. The molecule has 1 atom stereocenters. The van der Waals surface area contributed by atoms with E-state index in [9.17, 15) is 13.2 Å². The van der Waals surface area contributed by atoms with Gasteiger partial charge in [-0.25, -0.2) is 0 Å². The number of benzene rings is 2. The van der Waals surface area contributed by atoms with Gasteiger partial charge in [0.2, 0.25) is 0 Å². The molecular formula is C22H22F3N3O3S. The Morgan fingerprint density at radius 2 is 1.78 bits per heavy atom. The number of alkyl halides is 3. The molecular weight excluding hydrogens is 443 g/mol. The maximum Gasteiger partial charge on any atom is 0.573 e. The van der Waals surface area contributed by atoms with Gasteiger partial charge in [0.25, 0.3) is 0 Å². The van der Waals surface area contributed by atoms with E-state index in [4.69, 9.17) is 9.47 Å². The lowest BCUT2D eigenvalue weighted by Crippen LogP contribution is -2.17. The van der Waals surface area contributed by atoms with Gasteiger partial charge >= 0.3 is 6.36 Å². The summed E-state index contributed by atoms with van der Waals surface area (Å²) in [6, 6.07) is 13.5. The Kier molecular flexibility index (Phi) is 6.90. The topological polar surface area (TPSA) is 58.4 Å².